The molecule has 0 saturated carbocycles. The molecule has 0 bridgehead atoms. The molecule has 0 amide bonds. The molecule has 118 valence electrons. The summed E-state index contributed by atoms with van der Waals surface area (Å²) in [6.07, 6.45) is 2.97. The third kappa shape index (κ3) is 3.85. The van der Waals surface area contributed by atoms with Gasteiger partial charge in [0.05, 0.1) is 10.5 Å². The summed E-state index contributed by atoms with van der Waals surface area (Å²) in [5.41, 5.74) is 0.741. The molecule has 4 nitrogen and oxygen atoms in total. The van der Waals surface area contributed by atoms with Gasteiger partial charge in [-0.25, -0.2) is 8.78 Å². The Morgan fingerprint density at radius 3 is 2.57 bits per heavy atom. The van der Waals surface area contributed by atoms with Crippen LogP contribution in [0.15, 0.2) is 42.5 Å². The smallest absolute Gasteiger partial charge is 0.273 e. The average Bonchev–Trinajstić information content (AvgIpc) is 2.52. The highest BCUT2D eigenvalue weighted by atomic mass is 19.1. The molecule has 0 aliphatic rings. The van der Waals surface area contributed by atoms with E-state index in [0.29, 0.717) is 23.6 Å². The molecule has 0 heterocycles. The second-order valence-corrected chi connectivity index (χ2v) is 4.82. The first-order chi connectivity index (χ1) is 10.9. The monoisotopic (exact) mass is 317 g/mol. The molecule has 0 spiro atoms. The van der Waals surface area contributed by atoms with Gasteiger partial charge in [0, 0.05) is 17.7 Å². The molecular weight excluding hydrogens is 304 g/mol. The Hall–Kier alpha value is -2.89. The van der Waals surface area contributed by atoms with E-state index >= 15 is 0 Å². The molecule has 0 fully saturated rings. The predicted octanol–water partition coefficient (Wildman–Crippen LogP) is 4.33. The Balaban J connectivity index is 2.27. The van der Waals surface area contributed by atoms with Gasteiger partial charge in [0.1, 0.15) is 11.6 Å². The van der Waals surface area contributed by atoms with Crippen molar-refractivity contribution in [1.82, 2.24) is 0 Å². The number of nitrogens with zero attached hydrogens (tertiary/aromatic N) is 1. The minimum atomic E-state index is -0.952. The van der Waals surface area contributed by atoms with E-state index in [0.717, 1.165) is 18.2 Å². The number of nitro benzene ring substituents is 1. The highest BCUT2D eigenvalue weighted by Gasteiger charge is 2.13. The maximum Gasteiger partial charge on any atom is 0.273 e. The van der Waals surface area contributed by atoms with Crippen LogP contribution in [-0.2, 0) is 6.42 Å². The first-order valence-electron chi connectivity index (χ1n) is 6.87. The van der Waals surface area contributed by atoms with Crippen LogP contribution in [0.4, 0.5) is 14.5 Å². The lowest BCUT2D eigenvalue weighted by molar-refractivity contribution is -0.385. The van der Waals surface area contributed by atoms with Crippen molar-refractivity contribution in [3.05, 3.63) is 80.9 Å². The van der Waals surface area contributed by atoms with E-state index in [1.807, 2.05) is 0 Å². The van der Waals surface area contributed by atoms with Crippen molar-refractivity contribution < 1.29 is 18.5 Å². The van der Waals surface area contributed by atoms with Crippen molar-refractivity contribution in [3.8, 4) is 0 Å². The zero-order valence-corrected chi connectivity index (χ0v) is 12.3. The second kappa shape index (κ2) is 6.91. The van der Waals surface area contributed by atoms with Crippen LogP contribution in [0.2, 0.25) is 0 Å². The number of nitro groups is 1. The summed E-state index contributed by atoms with van der Waals surface area (Å²) in [6, 6.07) is 7.27. The standard InChI is InChI=1S/C17H13F2NO3/c1-2-12-5-3-11(9-16(12)20(22)23)4-8-17(21)14-7-6-13(18)10-15(14)19/h3-10H,2H2,1H3/b8-4+. The molecule has 2 rings (SSSR count). The SMILES string of the molecule is CCc1ccc(/C=C/C(=O)c2ccc(F)cc2F)cc1[N+](=O)[O-]. The summed E-state index contributed by atoms with van der Waals surface area (Å²) in [4.78, 5) is 22.4. The zero-order valence-electron chi connectivity index (χ0n) is 12.3. The van der Waals surface area contributed by atoms with E-state index in [1.54, 1.807) is 19.1 Å². The predicted molar refractivity (Wildman–Crippen MR) is 82.2 cm³/mol. The number of aryl methyl sites for hydroxylation is 1. The van der Waals surface area contributed by atoms with Crippen molar-refractivity contribution in [3.63, 3.8) is 0 Å². The van der Waals surface area contributed by atoms with Crippen LogP contribution in [0, 0.1) is 21.7 Å². The van der Waals surface area contributed by atoms with E-state index in [-0.39, 0.29) is 11.3 Å². The fourth-order valence-corrected chi connectivity index (χ4v) is 2.10. The number of halogens is 2. The number of carbonyl (C=O) groups is 1. The van der Waals surface area contributed by atoms with Crippen LogP contribution in [0.25, 0.3) is 6.08 Å². The van der Waals surface area contributed by atoms with Crippen molar-refractivity contribution in [2.75, 3.05) is 0 Å². The summed E-state index contributed by atoms with van der Waals surface area (Å²) in [7, 11) is 0. The molecule has 0 aliphatic carbocycles. The lowest BCUT2D eigenvalue weighted by atomic mass is 10.0. The molecule has 0 saturated heterocycles. The minimum absolute atomic E-state index is 0.0324. The minimum Gasteiger partial charge on any atom is -0.289 e. The molecule has 0 aliphatic heterocycles. The van der Waals surface area contributed by atoms with Crippen molar-refractivity contribution >= 4 is 17.5 Å². The maximum atomic E-state index is 13.5. The van der Waals surface area contributed by atoms with E-state index in [2.05, 4.69) is 0 Å². The van der Waals surface area contributed by atoms with Crippen LogP contribution < -0.4 is 0 Å². The number of ketones is 1. The van der Waals surface area contributed by atoms with Gasteiger partial charge in [-0.2, -0.15) is 0 Å². The topological polar surface area (TPSA) is 60.2 Å². The normalized spacial score (nSPS) is 10.9. The largest absolute Gasteiger partial charge is 0.289 e. The van der Waals surface area contributed by atoms with E-state index in [4.69, 9.17) is 0 Å². The maximum absolute atomic E-state index is 13.5. The van der Waals surface area contributed by atoms with E-state index < -0.39 is 22.3 Å². The zero-order chi connectivity index (χ0) is 17.0. The highest BCUT2D eigenvalue weighted by molar-refractivity contribution is 6.07. The van der Waals surface area contributed by atoms with Gasteiger partial charge in [-0.15, -0.1) is 0 Å². The third-order valence-corrected chi connectivity index (χ3v) is 3.31. The molecule has 0 unspecified atom stereocenters. The van der Waals surface area contributed by atoms with Gasteiger partial charge in [-0.05, 0) is 30.2 Å². The Morgan fingerprint density at radius 1 is 1.22 bits per heavy atom. The quantitative estimate of drug-likeness (QED) is 0.357. The molecule has 2 aromatic rings. The Labute approximate surface area is 131 Å². The first kappa shape index (κ1) is 16.5. The van der Waals surface area contributed by atoms with Gasteiger partial charge in [-0.3, -0.25) is 14.9 Å². The van der Waals surface area contributed by atoms with Gasteiger partial charge in [0.25, 0.3) is 5.69 Å². The molecule has 23 heavy (non-hydrogen) atoms. The van der Waals surface area contributed by atoms with E-state index in [9.17, 15) is 23.7 Å². The summed E-state index contributed by atoms with van der Waals surface area (Å²) >= 11 is 0. The fraction of sp³-hybridized carbons (Fsp3) is 0.118. The van der Waals surface area contributed by atoms with Crippen molar-refractivity contribution in [2.45, 2.75) is 13.3 Å². The van der Waals surface area contributed by atoms with Crippen LogP contribution in [0.5, 0.6) is 0 Å². The molecule has 0 atom stereocenters. The van der Waals surface area contributed by atoms with E-state index in [1.165, 1.54) is 12.1 Å². The third-order valence-electron chi connectivity index (χ3n) is 3.31. The number of allylic oxidation sites excluding steroid dienone is 1. The van der Waals surface area contributed by atoms with Gasteiger partial charge >= 0.3 is 0 Å². The summed E-state index contributed by atoms with van der Waals surface area (Å²) < 4.78 is 26.3. The second-order valence-electron chi connectivity index (χ2n) is 4.82. The Bertz CT molecular complexity index is 800. The van der Waals surface area contributed by atoms with Crippen LogP contribution in [0.1, 0.15) is 28.4 Å². The molecule has 0 radical (unpaired) electrons. The Morgan fingerprint density at radius 2 is 1.96 bits per heavy atom. The molecule has 0 N–H and O–H groups in total. The van der Waals surface area contributed by atoms with Crippen molar-refractivity contribution in [2.24, 2.45) is 0 Å². The summed E-state index contributed by atoms with van der Waals surface area (Å²) in [5, 5.41) is 11.0. The molecular formula is C17H13F2NO3. The average molecular weight is 317 g/mol. The summed E-state index contributed by atoms with van der Waals surface area (Å²) in [6.45, 7) is 1.80. The molecule has 0 aromatic heterocycles. The fourth-order valence-electron chi connectivity index (χ4n) is 2.10. The molecule has 6 heteroatoms. The van der Waals surface area contributed by atoms with Crippen LogP contribution in [0.3, 0.4) is 0 Å². The number of hydrogen-bond donors (Lipinski definition) is 0. The number of rotatable bonds is 5. The Kier molecular flexibility index (Phi) is 4.95. The van der Waals surface area contributed by atoms with Gasteiger partial charge in [0.15, 0.2) is 5.78 Å². The van der Waals surface area contributed by atoms with Gasteiger partial charge in [0.2, 0.25) is 0 Å². The lowest BCUT2D eigenvalue weighted by Crippen LogP contribution is -1.99. The summed E-state index contributed by atoms with van der Waals surface area (Å²) in [5.74, 6) is -2.37. The highest BCUT2D eigenvalue weighted by Crippen LogP contribution is 2.22. The van der Waals surface area contributed by atoms with Gasteiger partial charge in [-0.1, -0.05) is 25.1 Å². The van der Waals surface area contributed by atoms with Crippen LogP contribution in [-0.4, -0.2) is 10.7 Å². The number of hydrogen-bond acceptors (Lipinski definition) is 3. The lowest BCUT2D eigenvalue weighted by Gasteiger charge is -2.01. The first-order valence-corrected chi connectivity index (χ1v) is 6.87. The van der Waals surface area contributed by atoms with Crippen LogP contribution >= 0.6 is 0 Å². The van der Waals surface area contributed by atoms with Gasteiger partial charge < -0.3 is 0 Å². The van der Waals surface area contributed by atoms with Crippen molar-refractivity contribution in [1.29, 1.82) is 0 Å². The molecule has 2 aromatic carbocycles. The number of carbonyl (C=O) groups excluding carboxylic acids is 1. The number of benzene rings is 2.